The first-order valence-corrected chi connectivity index (χ1v) is 7.33. The molecule has 0 amide bonds. The van der Waals surface area contributed by atoms with Crippen molar-refractivity contribution in [1.29, 1.82) is 0 Å². The summed E-state index contributed by atoms with van der Waals surface area (Å²) in [6.45, 7) is 0. The number of hydrogen-bond acceptors (Lipinski definition) is 1. The molecule has 0 saturated carbocycles. The standard InChI is InChI=1S/C14H13Cl4N/c1-19(2)12-7-8(15)3-4-9(12)13-10(16)5-6-11(17)14(13)18/h3-7,10,13H,1-2H3. The van der Waals surface area contributed by atoms with Gasteiger partial charge in [-0.1, -0.05) is 46.9 Å². The highest BCUT2D eigenvalue weighted by atomic mass is 35.5. The molecule has 0 N–H and O–H groups in total. The number of nitrogens with zero attached hydrogens (tertiary/aromatic N) is 1. The average molecular weight is 337 g/mol. The number of hydrogen-bond donors (Lipinski definition) is 0. The van der Waals surface area contributed by atoms with Crippen LogP contribution >= 0.6 is 46.4 Å². The van der Waals surface area contributed by atoms with Crippen LogP contribution in [-0.4, -0.2) is 19.5 Å². The maximum absolute atomic E-state index is 6.38. The van der Waals surface area contributed by atoms with Crippen LogP contribution in [-0.2, 0) is 0 Å². The second-order valence-corrected chi connectivity index (χ2v) is 6.33. The summed E-state index contributed by atoms with van der Waals surface area (Å²) in [5.74, 6) is -0.157. The molecule has 19 heavy (non-hydrogen) atoms. The fourth-order valence-electron chi connectivity index (χ4n) is 2.13. The van der Waals surface area contributed by atoms with Crippen LogP contribution in [0.4, 0.5) is 5.69 Å². The summed E-state index contributed by atoms with van der Waals surface area (Å²) in [7, 11) is 3.91. The molecule has 1 aromatic rings. The van der Waals surface area contributed by atoms with E-state index in [4.69, 9.17) is 46.4 Å². The Hall–Kier alpha value is -0.340. The van der Waals surface area contributed by atoms with E-state index in [0.717, 1.165) is 11.3 Å². The van der Waals surface area contributed by atoms with Crippen LogP contribution < -0.4 is 4.90 Å². The number of alkyl halides is 1. The van der Waals surface area contributed by atoms with Gasteiger partial charge in [-0.15, -0.1) is 11.6 Å². The molecule has 1 aliphatic carbocycles. The zero-order chi connectivity index (χ0) is 14.2. The molecule has 0 aliphatic heterocycles. The molecule has 5 heteroatoms. The normalized spacial score (nSPS) is 22.8. The third kappa shape index (κ3) is 3.05. The van der Waals surface area contributed by atoms with Crippen LogP contribution in [0.15, 0.2) is 40.4 Å². The van der Waals surface area contributed by atoms with E-state index in [0.29, 0.717) is 15.1 Å². The van der Waals surface area contributed by atoms with Crippen LogP contribution in [0.3, 0.4) is 0 Å². The lowest BCUT2D eigenvalue weighted by Gasteiger charge is -2.28. The van der Waals surface area contributed by atoms with Crippen molar-refractivity contribution in [1.82, 2.24) is 0 Å². The third-order valence-corrected chi connectivity index (χ3v) is 4.55. The van der Waals surface area contributed by atoms with Crippen molar-refractivity contribution in [2.45, 2.75) is 11.3 Å². The van der Waals surface area contributed by atoms with Gasteiger partial charge < -0.3 is 4.90 Å². The number of rotatable bonds is 2. The Morgan fingerprint density at radius 3 is 2.42 bits per heavy atom. The quantitative estimate of drug-likeness (QED) is 0.657. The molecule has 1 aliphatic rings. The summed E-state index contributed by atoms with van der Waals surface area (Å²) in [5.41, 5.74) is 2.00. The molecule has 1 nitrogen and oxygen atoms in total. The van der Waals surface area contributed by atoms with E-state index in [2.05, 4.69) is 0 Å². The second-order valence-electron chi connectivity index (χ2n) is 4.57. The fourth-order valence-corrected chi connectivity index (χ4v) is 3.20. The van der Waals surface area contributed by atoms with Crippen molar-refractivity contribution in [3.8, 4) is 0 Å². The molecule has 0 aromatic heterocycles. The first-order valence-electron chi connectivity index (χ1n) is 5.76. The van der Waals surface area contributed by atoms with Crippen LogP contribution in [0.25, 0.3) is 0 Å². The van der Waals surface area contributed by atoms with Gasteiger partial charge in [0.05, 0.1) is 10.4 Å². The van der Waals surface area contributed by atoms with E-state index in [1.165, 1.54) is 0 Å². The van der Waals surface area contributed by atoms with Gasteiger partial charge in [0, 0.05) is 35.8 Å². The molecule has 2 unspecified atom stereocenters. The summed E-state index contributed by atoms with van der Waals surface area (Å²) < 4.78 is 0. The molecule has 0 spiro atoms. The van der Waals surface area contributed by atoms with Gasteiger partial charge in [0.15, 0.2) is 0 Å². The Morgan fingerprint density at radius 1 is 1.11 bits per heavy atom. The Morgan fingerprint density at radius 2 is 1.79 bits per heavy atom. The topological polar surface area (TPSA) is 3.24 Å². The molecule has 0 heterocycles. The lowest BCUT2D eigenvalue weighted by Crippen LogP contribution is -2.19. The van der Waals surface area contributed by atoms with Gasteiger partial charge >= 0.3 is 0 Å². The smallest absolute Gasteiger partial charge is 0.0638 e. The predicted molar refractivity (Wildman–Crippen MR) is 86.0 cm³/mol. The van der Waals surface area contributed by atoms with Crippen molar-refractivity contribution in [2.75, 3.05) is 19.0 Å². The van der Waals surface area contributed by atoms with Gasteiger partial charge in [0.2, 0.25) is 0 Å². The summed E-state index contributed by atoms with van der Waals surface area (Å²) in [6.07, 6.45) is 3.60. The van der Waals surface area contributed by atoms with Crippen molar-refractivity contribution < 1.29 is 0 Å². The molecule has 102 valence electrons. The van der Waals surface area contributed by atoms with Crippen molar-refractivity contribution in [3.63, 3.8) is 0 Å². The first-order chi connectivity index (χ1) is 8.91. The highest BCUT2D eigenvalue weighted by Gasteiger charge is 2.29. The van der Waals surface area contributed by atoms with Crippen molar-refractivity contribution >= 4 is 52.1 Å². The van der Waals surface area contributed by atoms with E-state index < -0.39 is 0 Å². The summed E-state index contributed by atoms with van der Waals surface area (Å²) >= 11 is 24.9. The largest absolute Gasteiger partial charge is 0.377 e. The minimum atomic E-state index is -0.227. The lowest BCUT2D eigenvalue weighted by atomic mass is 9.90. The van der Waals surface area contributed by atoms with Crippen LogP contribution in [0.2, 0.25) is 5.02 Å². The molecular formula is C14H13Cl4N. The molecule has 1 aromatic carbocycles. The Balaban J connectivity index is 2.55. The SMILES string of the molecule is CN(C)c1cc(Cl)ccc1C1C(Cl)=C(Cl)C=CC1Cl. The predicted octanol–water partition coefficient (Wildman–Crippen LogP) is 5.36. The van der Waals surface area contributed by atoms with E-state index in [-0.39, 0.29) is 11.3 Å². The third-order valence-electron chi connectivity index (χ3n) is 3.06. The van der Waals surface area contributed by atoms with Gasteiger partial charge in [0.25, 0.3) is 0 Å². The lowest BCUT2D eigenvalue weighted by molar-refractivity contribution is 0.836. The molecular weight excluding hydrogens is 324 g/mol. The van der Waals surface area contributed by atoms with Gasteiger partial charge in [-0.2, -0.15) is 0 Å². The molecule has 0 bridgehead atoms. The van der Waals surface area contributed by atoms with E-state index >= 15 is 0 Å². The molecule has 2 rings (SSSR count). The molecule has 0 fully saturated rings. The fraction of sp³-hybridized carbons (Fsp3) is 0.286. The van der Waals surface area contributed by atoms with E-state index in [1.54, 1.807) is 6.08 Å². The summed E-state index contributed by atoms with van der Waals surface area (Å²) in [5, 5.41) is 1.55. The van der Waals surface area contributed by atoms with Crippen molar-refractivity contribution in [2.24, 2.45) is 0 Å². The van der Waals surface area contributed by atoms with Crippen LogP contribution in [0.1, 0.15) is 11.5 Å². The molecule has 0 radical (unpaired) electrons. The zero-order valence-corrected chi connectivity index (χ0v) is 13.5. The van der Waals surface area contributed by atoms with Crippen LogP contribution in [0, 0.1) is 0 Å². The summed E-state index contributed by atoms with van der Waals surface area (Å²) in [6, 6.07) is 5.68. The number of allylic oxidation sites excluding steroid dienone is 4. The van der Waals surface area contributed by atoms with Crippen LogP contribution in [0.5, 0.6) is 0 Å². The molecule has 0 saturated heterocycles. The van der Waals surface area contributed by atoms with E-state index in [1.807, 2.05) is 43.3 Å². The van der Waals surface area contributed by atoms with Gasteiger partial charge in [0.1, 0.15) is 0 Å². The Labute approximate surface area is 133 Å². The van der Waals surface area contributed by atoms with Gasteiger partial charge in [-0.05, 0) is 23.8 Å². The van der Waals surface area contributed by atoms with Gasteiger partial charge in [-0.3, -0.25) is 0 Å². The zero-order valence-electron chi connectivity index (χ0n) is 10.5. The second kappa shape index (κ2) is 5.97. The minimum absolute atomic E-state index is 0.157. The highest BCUT2D eigenvalue weighted by Crippen LogP contribution is 2.44. The number of halogens is 4. The highest BCUT2D eigenvalue weighted by molar-refractivity contribution is 6.41. The maximum atomic E-state index is 6.38. The van der Waals surface area contributed by atoms with Gasteiger partial charge in [-0.25, -0.2) is 0 Å². The molecule has 2 atom stereocenters. The van der Waals surface area contributed by atoms with E-state index in [9.17, 15) is 0 Å². The average Bonchev–Trinajstić information content (AvgIpc) is 2.36. The monoisotopic (exact) mass is 335 g/mol. The maximum Gasteiger partial charge on any atom is 0.0638 e. The van der Waals surface area contributed by atoms with Crippen molar-refractivity contribution in [3.05, 3.63) is 51.0 Å². The summed E-state index contributed by atoms with van der Waals surface area (Å²) in [4.78, 5) is 1.99. The Bertz CT molecular complexity index is 548. The first kappa shape index (κ1) is 15.1. The number of benzene rings is 1. The number of anilines is 1. The Kier molecular flexibility index (Phi) is 4.73. The minimum Gasteiger partial charge on any atom is -0.377 e.